The molecule has 0 radical (unpaired) electrons. The lowest BCUT2D eigenvalue weighted by Gasteiger charge is -2.30. The number of carbonyl (C=O) groups is 1. The molecule has 2 aliphatic rings. The molecule has 4 nitrogen and oxygen atoms in total. The summed E-state index contributed by atoms with van der Waals surface area (Å²) >= 11 is 1.73. The Morgan fingerprint density at radius 2 is 2.19 bits per heavy atom. The van der Waals surface area contributed by atoms with Crippen molar-refractivity contribution in [1.82, 2.24) is 10.6 Å². The number of amides is 2. The molecule has 1 saturated carbocycles. The van der Waals surface area contributed by atoms with E-state index in [1.165, 1.54) is 22.6 Å². The van der Waals surface area contributed by atoms with Gasteiger partial charge in [-0.1, -0.05) is 0 Å². The molecule has 1 aliphatic carbocycles. The molecule has 2 amide bonds. The molecule has 1 aromatic heterocycles. The highest BCUT2D eigenvalue weighted by atomic mass is 32.1. The van der Waals surface area contributed by atoms with E-state index < -0.39 is 0 Å². The van der Waals surface area contributed by atoms with E-state index in [2.05, 4.69) is 29.7 Å². The van der Waals surface area contributed by atoms with Crippen molar-refractivity contribution in [3.8, 4) is 0 Å². The summed E-state index contributed by atoms with van der Waals surface area (Å²) in [5, 5.41) is 6.15. The average Bonchev–Trinajstić information content (AvgIpc) is 3.21. The van der Waals surface area contributed by atoms with Crippen LogP contribution in [0, 0.1) is 12.8 Å². The minimum Gasteiger partial charge on any atom is -0.378 e. The van der Waals surface area contributed by atoms with Crippen LogP contribution in [-0.2, 0) is 4.74 Å². The number of hydrogen-bond donors (Lipinski definition) is 2. The van der Waals surface area contributed by atoms with Crippen LogP contribution in [0.4, 0.5) is 4.79 Å². The van der Waals surface area contributed by atoms with Gasteiger partial charge in [-0.3, -0.25) is 0 Å². The Balaban J connectivity index is 1.47. The van der Waals surface area contributed by atoms with Gasteiger partial charge in [0.1, 0.15) is 0 Å². The van der Waals surface area contributed by atoms with E-state index in [1.54, 1.807) is 11.3 Å². The zero-order chi connectivity index (χ0) is 14.8. The lowest BCUT2D eigenvalue weighted by Crippen LogP contribution is -2.47. The molecular weight excluding hydrogens is 284 g/mol. The highest BCUT2D eigenvalue weighted by Crippen LogP contribution is 2.38. The molecule has 3 rings (SSSR count). The number of ether oxygens (including phenoxy) is 1. The Morgan fingerprint density at radius 1 is 1.38 bits per heavy atom. The quantitative estimate of drug-likeness (QED) is 0.896. The first-order chi connectivity index (χ1) is 10.1. The molecule has 3 atom stereocenters. The minimum atomic E-state index is -0.0602. The maximum atomic E-state index is 12.1. The normalized spacial score (nSPS) is 27.1. The van der Waals surface area contributed by atoms with E-state index in [0.29, 0.717) is 6.10 Å². The van der Waals surface area contributed by atoms with E-state index in [9.17, 15) is 4.79 Å². The average molecular weight is 308 g/mol. The number of nitrogens with one attached hydrogen (secondary N) is 2. The zero-order valence-corrected chi connectivity index (χ0v) is 13.5. The van der Waals surface area contributed by atoms with E-state index in [-0.39, 0.29) is 18.1 Å². The van der Waals surface area contributed by atoms with Gasteiger partial charge in [0.05, 0.1) is 12.1 Å². The van der Waals surface area contributed by atoms with Crippen molar-refractivity contribution in [3.05, 3.63) is 21.9 Å². The molecule has 21 heavy (non-hydrogen) atoms. The molecule has 1 aromatic rings. The Morgan fingerprint density at radius 3 is 2.86 bits per heavy atom. The molecule has 2 N–H and O–H groups in total. The second kappa shape index (κ2) is 6.36. The second-order valence-electron chi connectivity index (χ2n) is 6.26. The lowest BCUT2D eigenvalue weighted by molar-refractivity contribution is -0.00917. The van der Waals surface area contributed by atoms with Gasteiger partial charge in [-0.2, -0.15) is 0 Å². The fraction of sp³-hybridized carbons (Fsp3) is 0.688. The Bertz CT molecular complexity index is 498. The second-order valence-corrected chi connectivity index (χ2v) is 7.58. The summed E-state index contributed by atoms with van der Waals surface area (Å²) < 4.78 is 5.80. The number of rotatable bonds is 4. The van der Waals surface area contributed by atoms with Crippen LogP contribution in [0.15, 0.2) is 12.1 Å². The molecule has 0 bridgehead atoms. The highest BCUT2D eigenvalue weighted by molar-refractivity contribution is 7.12. The predicted octanol–water partition coefficient (Wildman–Crippen LogP) is 3.37. The SMILES string of the molecule is Cc1ccc([C@H](C)NC(=O)N[C@@H]2CCO[C@@H](C3CC3)C2)s1. The fourth-order valence-corrected chi connectivity index (χ4v) is 3.82. The summed E-state index contributed by atoms with van der Waals surface area (Å²) in [6.07, 6.45) is 4.83. The van der Waals surface area contributed by atoms with Crippen molar-refractivity contribution in [2.24, 2.45) is 5.92 Å². The Hall–Kier alpha value is -1.07. The summed E-state index contributed by atoms with van der Waals surface area (Å²) in [5.74, 6) is 0.741. The van der Waals surface area contributed by atoms with Crippen LogP contribution in [0.3, 0.4) is 0 Å². The topological polar surface area (TPSA) is 50.4 Å². The standard InChI is InChI=1S/C16H24N2O2S/c1-10-3-6-15(21-10)11(2)17-16(19)18-13-7-8-20-14(9-13)12-4-5-12/h3,6,11-14H,4-5,7-9H2,1-2H3,(H2,17,18,19)/t11-,13+,14+/m0/s1. The fourth-order valence-electron chi connectivity index (χ4n) is 2.94. The predicted molar refractivity (Wildman–Crippen MR) is 84.6 cm³/mol. The third kappa shape index (κ3) is 3.98. The summed E-state index contributed by atoms with van der Waals surface area (Å²) in [4.78, 5) is 14.6. The first-order valence-electron chi connectivity index (χ1n) is 7.87. The molecule has 0 spiro atoms. The van der Waals surface area contributed by atoms with E-state index >= 15 is 0 Å². The van der Waals surface area contributed by atoms with Gasteiger partial charge < -0.3 is 15.4 Å². The van der Waals surface area contributed by atoms with Crippen LogP contribution >= 0.6 is 11.3 Å². The van der Waals surface area contributed by atoms with Gasteiger partial charge in [-0.25, -0.2) is 4.79 Å². The van der Waals surface area contributed by atoms with Crippen molar-refractivity contribution >= 4 is 17.4 Å². The monoisotopic (exact) mass is 308 g/mol. The van der Waals surface area contributed by atoms with Gasteiger partial charge in [0.25, 0.3) is 0 Å². The first kappa shape index (κ1) is 14.9. The molecule has 116 valence electrons. The van der Waals surface area contributed by atoms with Gasteiger partial charge in [0.2, 0.25) is 0 Å². The molecule has 2 heterocycles. The zero-order valence-electron chi connectivity index (χ0n) is 12.7. The number of aryl methyl sites for hydroxylation is 1. The molecule has 1 aliphatic heterocycles. The van der Waals surface area contributed by atoms with Crippen LogP contribution in [0.2, 0.25) is 0 Å². The summed E-state index contributed by atoms with van der Waals surface area (Å²) in [6, 6.07) is 4.43. The van der Waals surface area contributed by atoms with E-state index in [1.807, 2.05) is 6.92 Å². The van der Waals surface area contributed by atoms with Gasteiger partial charge >= 0.3 is 6.03 Å². The maximum Gasteiger partial charge on any atom is 0.315 e. The molecule has 0 unspecified atom stereocenters. The van der Waals surface area contributed by atoms with Crippen molar-refractivity contribution < 1.29 is 9.53 Å². The molecule has 0 aromatic carbocycles. The third-order valence-electron chi connectivity index (χ3n) is 4.33. The van der Waals surface area contributed by atoms with Gasteiger partial charge in [0.15, 0.2) is 0 Å². The smallest absolute Gasteiger partial charge is 0.315 e. The van der Waals surface area contributed by atoms with Crippen molar-refractivity contribution in [2.75, 3.05) is 6.61 Å². The van der Waals surface area contributed by atoms with Crippen LogP contribution in [-0.4, -0.2) is 24.8 Å². The van der Waals surface area contributed by atoms with Gasteiger partial charge in [0, 0.05) is 22.4 Å². The van der Waals surface area contributed by atoms with E-state index in [0.717, 1.165) is 25.4 Å². The maximum absolute atomic E-state index is 12.1. The summed E-state index contributed by atoms with van der Waals surface area (Å²) in [5.41, 5.74) is 0. The number of urea groups is 1. The van der Waals surface area contributed by atoms with Gasteiger partial charge in [-0.05, 0) is 57.6 Å². The molecule has 1 saturated heterocycles. The summed E-state index contributed by atoms with van der Waals surface area (Å²) in [6.45, 7) is 4.88. The Kier molecular flexibility index (Phi) is 4.50. The van der Waals surface area contributed by atoms with Gasteiger partial charge in [-0.15, -0.1) is 11.3 Å². The molecule has 2 fully saturated rings. The number of hydrogen-bond acceptors (Lipinski definition) is 3. The number of carbonyl (C=O) groups excluding carboxylic acids is 1. The third-order valence-corrected chi connectivity index (χ3v) is 5.52. The minimum absolute atomic E-state index is 0.0581. The van der Waals surface area contributed by atoms with Crippen LogP contribution in [0.1, 0.15) is 48.4 Å². The molecular formula is C16H24N2O2S. The van der Waals surface area contributed by atoms with Crippen molar-refractivity contribution in [1.29, 1.82) is 0 Å². The first-order valence-corrected chi connectivity index (χ1v) is 8.68. The summed E-state index contributed by atoms with van der Waals surface area (Å²) in [7, 11) is 0. The van der Waals surface area contributed by atoms with E-state index in [4.69, 9.17) is 4.74 Å². The molecule has 5 heteroatoms. The lowest BCUT2D eigenvalue weighted by atomic mass is 10.0. The van der Waals surface area contributed by atoms with Crippen LogP contribution < -0.4 is 10.6 Å². The largest absolute Gasteiger partial charge is 0.378 e. The number of thiophene rings is 1. The van der Waals surface area contributed by atoms with Crippen molar-refractivity contribution in [2.45, 2.75) is 57.7 Å². The van der Waals surface area contributed by atoms with Crippen LogP contribution in [0.5, 0.6) is 0 Å². The van der Waals surface area contributed by atoms with Crippen LogP contribution in [0.25, 0.3) is 0 Å². The highest BCUT2D eigenvalue weighted by Gasteiger charge is 2.36. The Labute approximate surface area is 130 Å². The van der Waals surface area contributed by atoms with Crippen molar-refractivity contribution in [3.63, 3.8) is 0 Å².